The van der Waals surface area contributed by atoms with Gasteiger partial charge in [-0.1, -0.05) is 34.1 Å². The van der Waals surface area contributed by atoms with Crippen LogP contribution in [0.3, 0.4) is 0 Å². The molecule has 1 aromatic rings. The Labute approximate surface area is 131 Å². The number of halogens is 1. The van der Waals surface area contributed by atoms with E-state index in [1.54, 1.807) is 13.0 Å². The second-order valence-corrected chi connectivity index (χ2v) is 6.01. The molecule has 2 atom stereocenters. The SMILES string of the molecule is CC1(C(=O)O)COCC1NC(=O)C=Cc1ccccc1Br. The Morgan fingerprint density at radius 2 is 2.19 bits per heavy atom. The van der Waals surface area contributed by atoms with Crippen molar-refractivity contribution in [3.05, 3.63) is 40.4 Å². The molecule has 5 nitrogen and oxygen atoms in total. The Morgan fingerprint density at radius 3 is 2.86 bits per heavy atom. The van der Waals surface area contributed by atoms with Gasteiger partial charge in [0.1, 0.15) is 5.41 Å². The smallest absolute Gasteiger partial charge is 0.313 e. The lowest BCUT2D eigenvalue weighted by molar-refractivity contribution is -0.148. The first-order valence-corrected chi connectivity index (χ1v) is 7.27. The number of amides is 1. The molecule has 6 heteroatoms. The van der Waals surface area contributed by atoms with Gasteiger partial charge in [0.05, 0.1) is 19.3 Å². The van der Waals surface area contributed by atoms with Gasteiger partial charge in [0.2, 0.25) is 5.91 Å². The van der Waals surface area contributed by atoms with E-state index in [-0.39, 0.29) is 19.1 Å². The van der Waals surface area contributed by atoms with E-state index in [1.807, 2.05) is 24.3 Å². The molecule has 1 amide bonds. The maximum Gasteiger partial charge on any atom is 0.313 e. The largest absolute Gasteiger partial charge is 0.481 e. The Bertz CT molecular complexity index is 587. The molecule has 1 aromatic carbocycles. The van der Waals surface area contributed by atoms with Crippen LogP contribution < -0.4 is 5.32 Å². The van der Waals surface area contributed by atoms with Crippen LogP contribution in [0.2, 0.25) is 0 Å². The van der Waals surface area contributed by atoms with Gasteiger partial charge in [-0.3, -0.25) is 9.59 Å². The molecule has 0 aromatic heterocycles. The number of nitrogens with one attached hydrogen (secondary N) is 1. The van der Waals surface area contributed by atoms with Crippen molar-refractivity contribution in [2.45, 2.75) is 13.0 Å². The van der Waals surface area contributed by atoms with E-state index >= 15 is 0 Å². The predicted molar refractivity (Wildman–Crippen MR) is 81.7 cm³/mol. The highest BCUT2D eigenvalue weighted by Gasteiger charge is 2.47. The van der Waals surface area contributed by atoms with E-state index in [4.69, 9.17) is 4.74 Å². The Kier molecular flexibility index (Phi) is 4.80. The van der Waals surface area contributed by atoms with E-state index in [9.17, 15) is 14.7 Å². The third-order valence-electron chi connectivity index (χ3n) is 3.58. The summed E-state index contributed by atoms with van der Waals surface area (Å²) in [6.45, 7) is 1.88. The number of benzene rings is 1. The van der Waals surface area contributed by atoms with Crippen LogP contribution in [0.25, 0.3) is 6.08 Å². The van der Waals surface area contributed by atoms with Crippen LogP contribution in [0.15, 0.2) is 34.8 Å². The summed E-state index contributed by atoms with van der Waals surface area (Å²) >= 11 is 3.39. The second kappa shape index (κ2) is 6.41. The molecule has 1 saturated heterocycles. The molecule has 2 rings (SSSR count). The second-order valence-electron chi connectivity index (χ2n) is 5.15. The van der Waals surface area contributed by atoms with Crippen molar-refractivity contribution in [2.75, 3.05) is 13.2 Å². The molecule has 2 unspecified atom stereocenters. The van der Waals surface area contributed by atoms with Gasteiger partial charge < -0.3 is 15.2 Å². The van der Waals surface area contributed by atoms with Gasteiger partial charge in [-0.15, -0.1) is 0 Å². The first-order chi connectivity index (χ1) is 9.93. The van der Waals surface area contributed by atoms with Crippen molar-refractivity contribution in [1.82, 2.24) is 5.32 Å². The Morgan fingerprint density at radius 1 is 1.48 bits per heavy atom. The highest BCUT2D eigenvalue weighted by molar-refractivity contribution is 9.10. The van der Waals surface area contributed by atoms with Crippen molar-refractivity contribution in [2.24, 2.45) is 5.41 Å². The third-order valence-corrected chi connectivity index (χ3v) is 4.30. The number of ether oxygens (including phenoxy) is 1. The summed E-state index contributed by atoms with van der Waals surface area (Å²) in [6, 6.07) is 6.97. The van der Waals surface area contributed by atoms with Crippen LogP contribution in [0.1, 0.15) is 12.5 Å². The number of aliphatic carboxylic acids is 1. The monoisotopic (exact) mass is 353 g/mol. The summed E-state index contributed by atoms with van der Waals surface area (Å²) in [5.74, 6) is -1.31. The molecule has 1 fully saturated rings. The van der Waals surface area contributed by atoms with Crippen LogP contribution in [0, 0.1) is 5.41 Å². The summed E-state index contributed by atoms with van der Waals surface area (Å²) < 4.78 is 6.07. The van der Waals surface area contributed by atoms with Gasteiger partial charge in [-0.2, -0.15) is 0 Å². The van der Waals surface area contributed by atoms with Gasteiger partial charge in [0, 0.05) is 10.5 Å². The minimum Gasteiger partial charge on any atom is -0.481 e. The first kappa shape index (κ1) is 15.7. The normalized spacial score (nSPS) is 25.1. The highest BCUT2D eigenvalue weighted by atomic mass is 79.9. The lowest BCUT2D eigenvalue weighted by atomic mass is 9.85. The summed E-state index contributed by atoms with van der Waals surface area (Å²) in [5, 5.41) is 11.9. The fourth-order valence-electron chi connectivity index (χ4n) is 2.08. The summed E-state index contributed by atoms with van der Waals surface area (Å²) in [5.41, 5.74) is -0.215. The molecule has 2 N–H and O–H groups in total. The standard InChI is InChI=1S/C15H16BrNO4/c1-15(14(19)20)9-21-8-12(15)17-13(18)7-6-10-4-2-3-5-11(10)16/h2-7,12H,8-9H2,1H3,(H,17,18)(H,19,20). The van der Waals surface area contributed by atoms with Crippen molar-refractivity contribution in [3.8, 4) is 0 Å². The molecular formula is C15H16BrNO4. The maximum absolute atomic E-state index is 11.9. The van der Waals surface area contributed by atoms with Crippen molar-refractivity contribution in [1.29, 1.82) is 0 Å². The zero-order valence-electron chi connectivity index (χ0n) is 11.5. The zero-order chi connectivity index (χ0) is 15.5. The number of carbonyl (C=O) groups is 2. The predicted octanol–water partition coefficient (Wildman–Crippen LogP) is 2.07. The Balaban J connectivity index is 2.02. The molecule has 1 aliphatic rings. The number of carbonyl (C=O) groups excluding carboxylic acids is 1. The lowest BCUT2D eigenvalue weighted by Gasteiger charge is -2.24. The molecular weight excluding hydrogens is 338 g/mol. The number of carboxylic acids is 1. The van der Waals surface area contributed by atoms with Crippen LogP contribution in [0.4, 0.5) is 0 Å². The molecule has 0 spiro atoms. The minimum atomic E-state index is -1.09. The highest BCUT2D eigenvalue weighted by Crippen LogP contribution is 2.28. The van der Waals surface area contributed by atoms with Gasteiger partial charge >= 0.3 is 5.97 Å². The average Bonchev–Trinajstić information content (AvgIpc) is 2.81. The molecule has 0 bridgehead atoms. The summed E-state index contributed by atoms with van der Waals surface area (Å²) in [6.07, 6.45) is 3.06. The molecule has 0 saturated carbocycles. The van der Waals surface area contributed by atoms with E-state index in [0.29, 0.717) is 0 Å². The fraction of sp³-hybridized carbons (Fsp3) is 0.333. The van der Waals surface area contributed by atoms with Crippen molar-refractivity contribution in [3.63, 3.8) is 0 Å². The number of rotatable bonds is 4. The molecule has 1 heterocycles. The third kappa shape index (κ3) is 3.51. The lowest BCUT2D eigenvalue weighted by Crippen LogP contribution is -2.49. The van der Waals surface area contributed by atoms with E-state index in [2.05, 4.69) is 21.2 Å². The van der Waals surface area contributed by atoms with Crippen LogP contribution >= 0.6 is 15.9 Å². The Hall–Kier alpha value is -1.66. The van der Waals surface area contributed by atoms with Crippen molar-refractivity contribution >= 4 is 33.9 Å². The molecule has 1 aliphatic heterocycles. The number of hydrogen-bond donors (Lipinski definition) is 2. The van der Waals surface area contributed by atoms with Crippen LogP contribution in [-0.2, 0) is 14.3 Å². The van der Waals surface area contributed by atoms with Crippen LogP contribution in [0.5, 0.6) is 0 Å². The quantitative estimate of drug-likeness (QED) is 0.812. The minimum absolute atomic E-state index is 0.0984. The molecule has 21 heavy (non-hydrogen) atoms. The van der Waals surface area contributed by atoms with Gasteiger partial charge in [0.25, 0.3) is 0 Å². The average molecular weight is 354 g/mol. The first-order valence-electron chi connectivity index (χ1n) is 6.48. The van der Waals surface area contributed by atoms with Crippen molar-refractivity contribution < 1.29 is 19.4 Å². The molecule has 0 aliphatic carbocycles. The molecule has 0 radical (unpaired) electrons. The fourth-order valence-corrected chi connectivity index (χ4v) is 2.50. The zero-order valence-corrected chi connectivity index (χ0v) is 13.1. The summed E-state index contributed by atoms with van der Waals surface area (Å²) in [7, 11) is 0. The topological polar surface area (TPSA) is 75.6 Å². The number of carboxylic acid groups (broad SMARTS) is 1. The van der Waals surface area contributed by atoms with Crippen LogP contribution in [-0.4, -0.2) is 36.2 Å². The van der Waals surface area contributed by atoms with E-state index in [1.165, 1.54) is 6.08 Å². The summed E-state index contributed by atoms with van der Waals surface area (Å²) in [4.78, 5) is 23.2. The van der Waals surface area contributed by atoms with E-state index < -0.39 is 17.4 Å². The maximum atomic E-state index is 11.9. The van der Waals surface area contributed by atoms with Gasteiger partial charge in [-0.25, -0.2) is 0 Å². The van der Waals surface area contributed by atoms with Gasteiger partial charge in [-0.05, 0) is 24.6 Å². The number of hydrogen-bond acceptors (Lipinski definition) is 3. The van der Waals surface area contributed by atoms with E-state index in [0.717, 1.165) is 10.0 Å². The van der Waals surface area contributed by atoms with Gasteiger partial charge in [0.15, 0.2) is 0 Å². The molecule has 112 valence electrons.